The summed E-state index contributed by atoms with van der Waals surface area (Å²) >= 11 is 6.13. The van der Waals surface area contributed by atoms with Gasteiger partial charge in [-0.3, -0.25) is 14.2 Å². The molecule has 1 amide bonds. The van der Waals surface area contributed by atoms with Gasteiger partial charge in [-0.2, -0.15) is 10.2 Å². The van der Waals surface area contributed by atoms with Gasteiger partial charge in [0, 0.05) is 38.3 Å². The molecule has 6 nitrogen and oxygen atoms in total. The average Bonchev–Trinajstić information content (AvgIpc) is 2.89. The van der Waals surface area contributed by atoms with Gasteiger partial charge in [0.05, 0.1) is 28.6 Å². The lowest BCUT2D eigenvalue weighted by Gasteiger charge is -2.18. The number of amides is 1. The van der Waals surface area contributed by atoms with Crippen molar-refractivity contribution in [1.29, 1.82) is 0 Å². The van der Waals surface area contributed by atoms with Crippen molar-refractivity contribution < 1.29 is 4.79 Å². The van der Waals surface area contributed by atoms with E-state index in [1.807, 2.05) is 46.5 Å². The van der Waals surface area contributed by atoms with E-state index in [4.69, 9.17) is 11.6 Å². The smallest absolute Gasteiger partial charge is 0.224 e. The zero-order valence-electron chi connectivity index (χ0n) is 14.6. The van der Waals surface area contributed by atoms with E-state index in [0.29, 0.717) is 24.5 Å². The van der Waals surface area contributed by atoms with E-state index in [9.17, 15) is 4.79 Å². The highest BCUT2D eigenvalue weighted by molar-refractivity contribution is 6.31. The summed E-state index contributed by atoms with van der Waals surface area (Å²) in [4.78, 5) is 14.1. The Kier molecular flexibility index (Phi) is 5.14. The van der Waals surface area contributed by atoms with E-state index in [1.54, 1.807) is 9.58 Å². The summed E-state index contributed by atoms with van der Waals surface area (Å²) in [6.07, 6.45) is 0.396. The molecular weight excluding hydrogens is 314 g/mol. The van der Waals surface area contributed by atoms with Crippen LogP contribution in [0.15, 0.2) is 0 Å². The van der Waals surface area contributed by atoms with Crippen LogP contribution in [0.3, 0.4) is 0 Å². The lowest BCUT2D eigenvalue weighted by atomic mass is 10.2. The van der Waals surface area contributed by atoms with Crippen LogP contribution in [0.5, 0.6) is 0 Å². The van der Waals surface area contributed by atoms with Crippen molar-refractivity contribution in [2.24, 2.45) is 7.05 Å². The van der Waals surface area contributed by atoms with Crippen LogP contribution in [0, 0.1) is 27.7 Å². The largest absolute Gasteiger partial charge is 0.341 e. The Hall–Kier alpha value is -1.82. The van der Waals surface area contributed by atoms with Gasteiger partial charge in [-0.25, -0.2) is 0 Å². The molecule has 0 aliphatic rings. The maximum atomic E-state index is 12.4. The van der Waals surface area contributed by atoms with Gasteiger partial charge in [-0.05, 0) is 27.7 Å². The second-order valence-corrected chi connectivity index (χ2v) is 6.36. The number of nitrogens with zero attached hydrogens (tertiary/aromatic N) is 5. The van der Waals surface area contributed by atoms with Gasteiger partial charge in [-0.15, -0.1) is 0 Å². The summed E-state index contributed by atoms with van der Waals surface area (Å²) < 4.78 is 3.64. The number of hydrogen-bond acceptors (Lipinski definition) is 3. The van der Waals surface area contributed by atoms with Crippen LogP contribution < -0.4 is 0 Å². The Balaban J connectivity index is 1.99. The second-order valence-electron chi connectivity index (χ2n) is 5.98. The van der Waals surface area contributed by atoms with Crippen molar-refractivity contribution in [3.05, 3.63) is 33.4 Å². The highest BCUT2D eigenvalue weighted by Gasteiger charge is 2.16. The molecule has 0 aliphatic carbocycles. The lowest BCUT2D eigenvalue weighted by molar-refractivity contribution is -0.130. The van der Waals surface area contributed by atoms with E-state index in [0.717, 1.165) is 28.3 Å². The molecule has 0 saturated heterocycles. The number of rotatable bonds is 5. The molecule has 0 aromatic carbocycles. The summed E-state index contributed by atoms with van der Waals surface area (Å²) in [5.41, 5.74) is 4.87. The van der Waals surface area contributed by atoms with Crippen molar-refractivity contribution in [3.8, 4) is 0 Å². The molecule has 0 radical (unpaired) electrons. The monoisotopic (exact) mass is 337 g/mol. The van der Waals surface area contributed by atoms with Crippen LogP contribution in [0.2, 0.25) is 5.02 Å². The summed E-state index contributed by atoms with van der Waals surface area (Å²) in [5, 5.41) is 9.42. The third kappa shape index (κ3) is 3.58. The lowest BCUT2D eigenvalue weighted by Crippen LogP contribution is -2.27. The molecule has 0 aliphatic heterocycles. The molecule has 2 rings (SSSR count). The van der Waals surface area contributed by atoms with Crippen LogP contribution in [0.4, 0.5) is 0 Å². The molecule has 0 bridgehead atoms. The molecule has 0 atom stereocenters. The summed E-state index contributed by atoms with van der Waals surface area (Å²) in [5.74, 6) is 0.0799. The predicted molar refractivity (Wildman–Crippen MR) is 90.5 cm³/mol. The van der Waals surface area contributed by atoms with E-state index in [-0.39, 0.29) is 5.91 Å². The number of carbonyl (C=O) groups is 1. The maximum absolute atomic E-state index is 12.4. The number of hydrogen-bond donors (Lipinski definition) is 0. The minimum Gasteiger partial charge on any atom is -0.341 e. The Bertz CT molecular complexity index is 731. The molecule has 2 aromatic heterocycles. The fraction of sp³-hybridized carbons (Fsp3) is 0.562. The van der Waals surface area contributed by atoms with Crippen molar-refractivity contribution in [1.82, 2.24) is 24.5 Å². The van der Waals surface area contributed by atoms with Crippen molar-refractivity contribution >= 4 is 17.5 Å². The third-order valence-corrected chi connectivity index (χ3v) is 4.86. The maximum Gasteiger partial charge on any atom is 0.224 e. The van der Waals surface area contributed by atoms with Gasteiger partial charge in [-0.1, -0.05) is 11.6 Å². The Morgan fingerprint density at radius 1 is 1.13 bits per heavy atom. The first kappa shape index (κ1) is 17.5. The molecule has 0 unspecified atom stereocenters. The molecule has 2 heterocycles. The molecule has 0 saturated carbocycles. The molecule has 0 fully saturated rings. The zero-order valence-corrected chi connectivity index (χ0v) is 15.4. The fourth-order valence-corrected chi connectivity index (χ4v) is 2.79. The number of carbonyl (C=O) groups excluding carboxylic acids is 1. The molecule has 0 N–H and O–H groups in total. The minimum atomic E-state index is 0.0799. The van der Waals surface area contributed by atoms with Crippen LogP contribution in [-0.4, -0.2) is 37.4 Å². The highest BCUT2D eigenvalue weighted by atomic mass is 35.5. The van der Waals surface area contributed by atoms with Gasteiger partial charge in [0.15, 0.2) is 0 Å². The van der Waals surface area contributed by atoms with Gasteiger partial charge in [0.2, 0.25) is 5.91 Å². The van der Waals surface area contributed by atoms with E-state index in [2.05, 4.69) is 10.2 Å². The Labute approximate surface area is 142 Å². The standard InChI is InChI=1S/C16H24ClN5O/c1-10-14(12(3)21(6)18-10)9-20(5)15(23)7-8-22-13(4)16(17)11(2)19-22/h7-9H2,1-6H3. The van der Waals surface area contributed by atoms with E-state index in [1.165, 1.54) is 0 Å². The second kappa shape index (κ2) is 6.74. The first-order valence-electron chi connectivity index (χ1n) is 7.65. The van der Waals surface area contributed by atoms with Crippen LogP contribution in [-0.2, 0) is 24.9 Å². The quantitative estimate of drug-likeness (QED) is 0.842. The SMILES string of the molecule is Cc1nn(CCC(=O)N(C)Cc2c(C)nn(C)c2C)c(C)c1Cl. The average molecular weight is 338 g/mol. The first-order chi connectivity index (χ1) is 10.7. The fourth-order valence-electron chi connectivity index (χ4n) is 2.66. The van der Waals surface area contributed by atoms with Gasteiger partial charge in [0.25, 0.3) is 0 Å². The minimum absolute atomic E-state index is 0.0799. The molecule has 2 aromatic rings. The van der Waals surface area contributed by atoms with Gasteiger partial charge in [0.1, 0.15) is 0 Å². The first-order valence-corrected chi connectivity index (χ1v) is 8.02. The number of aromatic nitrogens is 4. The molecule has 0 spiro atoms. The normalized spacial score (nSPS) is 11.1. The van der Waals surface area contributed by atoms with Crippen LogP contribution in [0.25, 0.3) is 0 Å². The van der Waals surface area contributed by atoms with Gasteiger partial charge < -0.3 is 4.90 Å². The predicted octanol–water partition coefficient (Wildman–Crippen LogP) is 2.55. The van der Waals surface area contributed by atoms with E-state index >= 15 is 0 Å². The molecule has 7 heteroatoms. The number of halogens is 1. The van der Waals surface area contributed by atoms with E-state index < -0.39 is 0 Å². The van der Waals surface area contributed by atoms with Crippen LogP contribution in [0.1, 0.15) is 34.8 Å². The topological polar surface area (TPSA) is 56.0 Å². The number of aryl methyl sites for hydroxylation is 4. The Morgan fingerprint density at radius 2 is 1.78 bits per heavy atom. The summed E-state index contributed by atoms with van der Waals surface area (Å²) in [7, 11) is 3.74. The van der Waals surface area contributed by atoms with Crippen molar-refractivity contribution in [2.75, 3.05) is 7.05 Å². The third-order valence-electron chi connectivity index (χ3n) is 4.31. The molecule has 126 valence electrons. The van der Waals surface area contributed by atoms with Crippen molar-refractivity contribution in [3.63, 3.8) is 0 Å². The highest BCUT2D eigenvalue weighted by Crippen LogP contribution is 2.19. The summed E-state index contributed by atoms with van der Waals surface area (Å²) in [6, 6.07) is 0. The van der Waals surface area contributed by atoms with Crippen LogP contribution >= 0.6 is 11.6 Å². The molecular formula is C16H24ClN5O. The summed E-state index contributed by atoms with van der Waals surface area (Å²) in [6.45, 7) is 8.88. The Morgan fingerprint density at radius 3 is 2.26 bits per heavy atom. The molecule has 23 heavy (non-hydrogen) atoms. The zero-order chi connectivity index (χ0) is 17.3. The van der Waals surface area contributed by atoms with Gasteiger partial charge >= 0.3 is 0 Å². The van der Waals surface area contributed by atoms with Crippen molar-refractivity contribution in [2.45, 2.75) is 47.2 Å².